The molecule has 1 aliphatic heterocycles. The van der Waals surface area contributed by atoms with Crippen LogP contribution in [0.25, 0.3) is 0 Å². The van der Waals surface area contributed by atoms with Crippen LogP contribution in [-0.2, 0) is 0 Å². The van der Waals surface area contributed by atoms with E-state index in [1.807, 2.05) is 31.2 Å². The molecule has 110 valence electrons. The Morgan fingerprint density at radius 1 is 1.20 bits per heavy atom. The van der Waals surface area contributed by atoms with Gasteiger partial charge in [0.1, 0.15) is 5.75 Å². The molecule has 1 aromatic rings. The first-order chi connectivity index (χ1) is 9.69. The minimum Gasteiger partial charge on any atom is -0.494 e. The Balaban J connectivity index is 1.79. The summed E-state index contributed by atoms with van der Waals surface area (Å²) >= 11 is 0. The topological polar surface area (TPSA) is 44.8 Å². The van der Waals surface area contributed by atoms with Gasteiger partial charge in [-0.2, -0.15) is 0 Å². The summed E-state index contributed by atoms with van der Waals surface area (Å²) in [5.74, 6) is 0.906. The molecule has 5 nitrogen and oxygen atoms in total. The maximum Gasteiger partial charge on any atom is 0.178 e. The number of carbonyl (C=O) groups excluding carboxylic acids is 1. The molecule has 0 aromatic heterocycles. The Morgan fingerprint density at radius 2 is 1.85 bits per heavy atom. The summed E-state index contributed by atoms with van der Waals surface area (Å²) in [5, 5.41) is 2.12. The van der Waals surface area contributed by atoms with Crippen molar-refractivity contribution in [3.63, 3.8) is 0 Å². The molecule has 0 atom stereocenters. The summed E-state index contributed by atoms with van der Waals surface area (Å²) in [6.45, 7) is 6.89. The first-order valence-corrected chi connectivity index (χ1v) is 7.12. The second kappa shape index (κ2) is 7.38. The van der Waals surface area contributed by atoms with E-state index < -0.39 is 0 Å². The fourth-order valence-electron chi connectivity index (χ4n) is 2.15. The van der Waals surface area contributed by atoms with Gasteiger partial charge < -0.3 is 9.64 Å². The summed E-state index contributed by atoms with van der Waals surface area (Å²) in [7, 11) is 2.11. The van der Waals surface area contributed by atoms with E-state index in [-0.39, 0.29) is 5.78 Å². The highest BCUT2D eigenvalue weighted by molar-refractivity contribution is 5.97. The van der Waals surface area contributed by atoms with Crippen molar-refractivity contribution in [2.24, 2.45) is 0 Å². The highest BCUT2D eigenvalue weighted by Gasteiger charge is 2.14. The SMILES string of the molecule is CCOc1ccc(C(=O)CNN2CCN(C)CC2)cc1. The van der Waals surface area contributed by atoms with Crippen LogP contribution >= 0.6 is 0 Å². The third-order valence-corrected chi connectivity index (χ3v) is 3.45. The Labute approximate surface area is 120 Å². The van der Waals surface area contributed by atoms with Crippen molar-refractivity contribution in [3.05, 3.63) is 29.8 Å². The number of likely N-dealkylation sites (N-methyl/N-ethyl adjacent to an activating group) is 1. The lowest BCUT2D eigenvalue weighted by Gasteiger charge is -2.32. The summed E-state index contributed by atoms with van der Waals surface area (Å²) in [6, 6.07) is 7.32. The summed E-state index contributed by atoms with van der Waals surface area (Å²) in [5.41, 5.74) is 3.92. The molecule has 0 radical (unpaired) electrons. The molecule has 0 amide bonds. The van der Waals surface area contributed by atoms with Crippen LogP contribution < -0.4 is 10.2 Å². The number of hydrogen-bond donors (Lipinski definition) is 1. The van der Waals surface area contributed by atoms with E-state index in [2.05, 4.69) is 22.4 Å². The van der Waals surface area contributed by atoms with Crippen molar-refractivity contribution in [3.8, 4) is 5.75 Å². The predicted octanol–water partition coefficient (Wildman–Crippen LogP) is 1.02. The van der Waals surface area contributed by atoms with Crippen LogP contribution in [0.1, 0.15) is 17.3 Å². The van der Waals surface area contributed by atoms with Gasteiger partial charge in [0.15, 0.2) is 5.78 Å². The van der Waals surface area contributed by atoms with Gasteiger partial charge in [-0.3, -0.25) is 4.79 Å². The van der Waals surface area contributed by atoms with Crippen molar-refractivity contribution >= 4 is 5.78 Å². The highest BCUT2D eigenvalue weighted by atomic mass is 16.5. The summed E-state index contributed by atoms with van der Waals surface area (Å²) in [4.78, 5) is 14.4. The third-order valence-electron chi connectivity index (χ3n) is 3.45. The molecule has 1 fully saturated rings. The zero-order valence-electron chi connectivity index (χ0n) is 12.3. The number of carbonyl (C=O) groups is 1. The Hall–Kier alpha value is -1.43. The molecule has 20 heavy (non-hydrogen) atoms. The number of Topliss-reactive ketones (excluding diaryl/α,β-unsaturated/α-hetero) is 1. The quantitative estimate of drug-likeness (QED) is 0.787. The molecule has 0 spiro atoms. The lowest BCUT2D eigenvalue weighted by Crippen LogP contribution is -2.51. The van der Waals surface area contributed by atoms with Gasteiger partial charge >= 0.3 is 0 Å². The van der Waals surface area contributed by atoms with Crippen LogP contribution in [-0.4, -0.2) is 62.1 Å². The lowest BCUT2D eigenvalue weighted by molar-refractivity contribution is 0.0838. The first-order valence-electron chi connectivity index (χ1n) is 7.12. The van der Waals surface area contributed by atoms with E-state index in [1.165, 1.54) is 0 Å². The molecule has 0 saturated carbocycles. The van der Waals surface area contributed by atoms with E-state index in [0.717, 1.165) is 37.5 Å². The second-order valence-corrected chi connectivity index (χ2v) is 5.01. The van der Waals surface area contributed by atoms with Gasteiger partial charge in [-0.05, 0) is 38.2 Å². The number of benzene rings is 1. The number of nitrogens with zero attached hydrogens (tertiary/aromatic N) is 2. The maximum absolute atomic E-state index is 12.1. The zero-order valence-corrected chi connectivity index (χ0v) is 12.3. The van der Waals surface area contributed by atoms with Crippen molar-refractivity contribution in [2.45, 2.75) is 6.92 Å². The van der Waals surface area contributed by atoms with E-state index in [4.69, 9.17) is 4.74 Å². The molecule has 1 aliphatic rings. The van der Waals surface area contributed by atoms with Crippen LogP contribution in [0.15, 0.2) is 24.3 Å². The molecule has 1 heterocycles. The van der Waals surface area contributed by atoms with Crippen molar-refractivity contribution in [2.75, 3.05) is 46.4 Å². The summed E-state index contributed by atoms with van der Waals surface area (Å²) in [6.07, 6.45) is 0. The molecule has 1 aromatic carbocycles. The molecular weight excluding hydrogens is 254 g/mol. The average Bonchev–Trinajstić information content (AvgIpc) is 2.47. The largest absolute Gasteiger partial charge is 0.494 e. The van der Waals surface area contributed by atoms with Crippen LogP contribution in [0.4, 0.5) is 0 Å². The fraction of sp³-hybridized carbons (Fsp3) is 0.533. The van der Waals surface area contributed by atoms with Crippen molar-refractivity contribution in [1.82, 2.24) is 15.3 Å². The average molecular weight is 277 g/mol. The van der Waals surface area contributed by atoms with Gasteiger partial charge in [-0.15, -0.1) is 0 Å². The number of hydrogen-bond acceptors (Lipinski definition) is 5. The van der Waals surface area contributed by atoms with Crippen LogP contribution in [0.5, 0.6) is 5.75 Å². The molecule has 5 heteroatoms. The van der Waals surface area contributed by atoms with Gasteiger partial charge in [-0.1, -0.05) is 0 Å². The van der Waals surface area contributed by atoms with Gasteiger partial charge in [0, 0.05) is 31.7 Å². The molecule has 1 N–H and O–H groups in total. The first kappa shape index (κ1) is 15.0. The Kier molecular flexibility index (Phi) is 5.52. The van der Waals surface area contributed by atoms with E-state index >= 15 is 0 Å². The molecule has 0 bridgehead atoms. The number of nitrogens with one attached hydrogen (secondary N) is 1. The molecule has 0 aliphatic carbocycles. The van der Waals surface area contributed by atoms with Gasteiger partial charge in [-0.25, -0.2) is 10.4 Å². The number of piperazine rings is 1. The molecule has 0 unspecified atom stereocenters. The highest BCUT2D eigenvalue weighted by Crippen LogP contribution is 2.12. The lowest BCUT2D eigenvalue weighted by atomic mass is 10.1. The van der Waals surface area contributed by atoms with Gasteiger partial charge in [0.05, 0.1) is 13.2 Å². The number of hydrazine groups is 1. The minimum atomic E-state index is 0.104. The third kappa shape index (κ3) is 4.30. The maximum atomic E-state index is 12.1. The van der Waals surface area contributed by atoms with Gasteiger partial charge in [0.2, 0.25) is 0 Å². The minimum absolute atomic E-state index is 0.104. The number of ketones is 1. The standard InChI is InChI=1S/C15H23N3O2/c1-3-20-14-6-4-13(5-7-14)15(19)12-16-18-10-8-17(2)9-11-18/h4-7,16H,3,8-12H2,1-2H3. The van der Waals surface area contributed by atoms with Crippen molar-refractivity contribution in [1.29, 1.82) is 0 Å². The van der Waals surface area contributed by atoms with Crippen molar-refractivity contribution < 1.29 is 9.53 Å². The predicted molar refractivity (Wildman–Crippen MR) is 79.0 cm³/mol. The summed E-state index contributed by atoms with van der Waals surface area (Å²) < 4.78 is 5.37. The molecular formula is C15H23N3O2. The van der Waals surface area contributed by atoms with Crippen LogP contribution in [0, 0.1) is 0 Å². The molecule has 1 saturated heterocycles. The van der Waals surface area contributed by atoms with Crippen LogP contribution in [0.3, 0.4) is 0 Å². The number of ether oxygens (including phenoxy) is 1. The monoisotopic (exact) mass is 277 g/mol. The van der Waals surface area contributed by atoms with E-state index in [9.17, 15) is 4.79 Å². The van der Waals surface area contributed by atoms with E-state index in [0.29, 0.717) is 13.2 Å². The fourth-order valence-corrected chi connectivity index (χ4v) is 2.15. The Bertz CT molecular complexity index is 425. The smallest absolute Gasteiger partial charge is 0.178 e. The molecule has 2 rings (SSSR count). The number of rotatable bonds is 6. The zero-order chi connectivity index (χ0) is 14.4. The van der Waals surface area contributed by atoms with Crippen LogP contribution in [0.2, 0.25) is 0 Å². The van der Waals surface area contributed by atoms with E-state index in [1.54, 1.807) is 0 Å². The van der Waals surface area contributed by atoms with Gasteiger partial charge in [0.25, 0.3) is 0 Å². The normalized spacial score (nSPS) is 17.1. The second-order valence-electron chi connectivity index (χ2n) is 5.01. The Morgan fingerprint density at radius 3 is 2.45 bits per heavy atom.